The number of ether oxygens (including phenoxy) is 1. The van der Waals surface area contributed by atoms with Gasteiger partial charge < -0.3 is 19.5 Å². The van der Waals surface area contributed by atoms with Crippen molar-refractivity contribution in [1.82, 2.24) is 15.0 Å². The summed E-state index contributed by atoms with van der Waals surface area (Å²) in [7, 11) is 3.76. The van der Waals surface area contributed by atoms with Crippen LogP contribution >= 0.6 is 0 Å². The number of anilines is 2. The first kappa shape index (κ1) is 23.6. The second-order valence-electron chi connectivity index (χ2n) is 9.07. The maximum Gasteiger partial charge on any atom is 0.255 e. The van der Waals surface area contributed by atoms with Crippen molar-refractivity contribution < 1.29 is 14.1 Å². The highest BCUT2D eigenvalue weighted by Crippen LogP contribution is 2.33. The van der Waals surface area contributed by atoms with E-state index >= 15 is 0 Å². The summed E-state index contributed by atoms with van der Waals surface area (Å²) in [4.78, 5) is 21.8. The first-order valence-corrected chi connectivity index (χ1v) is 11.9. The zero-order chi connectivity index (χ0) is 25.2. The molecule has 1 aromatic heterocycles. The molecular weight excluding hydrogens is 454 g/mol. The normalized spacial score (nSPS) is 13.7. The molecule has 1 aliphatic rings. The van der Waals surface area contributed by atoms with Crippen molar-refractivity contribution in [3.8, 4) is 28.3 Å². The molecule has 4 aromatic rings. The number of carbonyl (C=O) groups is 1. The molecule has 0 saturated carbocycles. The van der Waals surface area contributed by atoms with Crippen molar-refractivity contribution in [1.29, 1.82) is 0 Å². The van der Waals surface area contributed by atoms with Crippen LogP contribution in [-0.2, 0) is 0 Å². The Balaban J connectivity index is 1.31. The van der Waals surface area contributed by atoms with E-state index in [0.29, 0.717) is 17.3 Å². The van der Waals surface area contributed by atoms with Crippen LogP contribution in [-0.4, -0.2) is 54.9 Å². The summed E-state index contributed by atoms with van der Waals surface area (Å²) in [5.74, 6) is 1.75. The van der Waals surface area contributed by atoms with Gasteiger partial charge in [0.05, 0.1) is 19.5 Å². The highest BCUT2D eigenvalue weighted by atomic mass is 16.5. The third-order valence-electron chi connectivity index (χ3n) is 6.41. The molecule has 5 rings (SSSR count). The molecule has 8 nitrogen and oxygen atoms in total. The van der Waals surface area contributed by atoms with Crippen LogP contribution in [0.2, 0.25) is 0 Å². The molecule has 184 valence electrons. The summed E-state index contributed by atoms with van der Waals surface area (Å²) in [6, 6.07) is 19.4. The van der Waals surface area contributed by atoms with Gasteiger partial charge in [0.15, 0.2) is 0 Å². The monoisotopic (exact) mass is 483 g/mol. The van der Waals surface area contributed by atoms with Gasteiger partial charge in [-0.05, 0) is 67.1 Å². The Morgan fingerprint density at radius 2 is 1.78 bits per heavy atom. The van der Waals surface area contributed by atoms with E-state index in [-0.39, 0.29) is 5.91 Å². The average molecular weight is 484 g/mol. The standard InChI is InChI=1S/C28H29N5O3/c1-18-15-22(27-29-19(2)36-31-27)9-11-24(18)20-5-7-21(8-6-20)28(34)30-23-10-12-26(35-4)25(16-23)33-14-13-32(3)17-33/h5-12,15-16H,13-14,17H2,1-4H3,(H,30,34). The van der Waals surface area contributed by atoms with Gasteiger partial charge in [0.2, 0.25) is 11.7 Å². The van der Waals surface area contributed by atoms with Gasteiger partial charge >= 0.3 is 0 Å². The molecule has 1 fully saturated rings. The average Bonchev–Trinajstić information content (AvgIpc) is 3.52. The molecule has 36 heavy (non-hydrogen) atoms. The van der Waals surface area contributed by atoms with E-state index in [1.807, 2.05) is 67.6 Å². The van der Waals surface area contributed by atoms with Crippen LogP contribution in [0, 0.1) is 13.8 Å². The Labute approximate surface area is 210 Å². The summed E-state index contributed by atoms with van der Waals surface area (Å²) in [5.41, 5.74) is 6.41. The Kier molecular flexibility index (Phi) is 6.43. The molecular formula is C28H29N5O3. The van der Waals surface area contributed by atoms with E-state index in [9.17, 15) is 4.79 Å². The lowest BCUT2D eigenvalue weighted by atomic mass is 9.97. The third kappa shape index (κ3) is 4.81. The lowest BCUT2D eigenvalue weighted by molar-refractivity contribution is 0.102. The number of aromatic nitrogens is 2. The van der Waals surface area contributed by atoms with Crippen LogP contribution in [0.25, 0.3) is 22.5 Å². The van der Waals surface area contributed by atoms with Gasteiger partial charge in [-0.25, -0.2) is 0 Å². The number of benzene rings is 3. The first-order chi connectivity index (χ1) is 17.4. The molecule has 2 heterocycles. The van der Waals surface area contributed by atoms with Gasteiger partial charge in [-0.15, -0.1) is 0 Å². The molecule has 1 N–H and O–H groups in total. The second kappa shape index (κ2) is 9.83. The molecule has 0 spiro atoms. The highest BCUT2D eigenvalue weighted by Gasteiger charge is 2.21. The quantitative estimate of drug-likeness (QED) is 0.414. The number of carbonyl (C=O) groups excluding carboxylic acids is 1. The van der Waals surface area contributed by atoms with Crippen molar-refractivity contribution in [3.63, 3.8) is 0 Å². The second-order valence-corrected chi connectivity index (χ2v) is 9.07. The summed E-state index contributed by atoms with van der Waals surface area (Å²) in [5, 5.41) is 7.02. The number of amides is 1. The summed E-state index contributed by atoms with van der Waals surface area (Å²) in [6.45, 7) is 6.55. The van der Waals surface area contributed by atoms with Gasteiger partial charge in [0, 0.05) is 36.8 Å². The van der Waals surface area contributed by atoms with E-state index in [4.69, 9.17) is 9.26 Å². The van der Waals surface area contributed by atoms with Crippen LogP contribution in [0.3, 0.4) is 0 Å². The van der Waals surface area contributed by atoms with Crippen molar-refractivity contribution in [3.05, 3.63) is 77.7 Å². The zero-order valence-electron chi connectivity index (χ0n) is 20.9. The molecule has 0 radical (unpaired) electrons. The topological polar surface area (TPSA) is 83.7 Å². The first-order valence-electron chi connectivity index (χ1n) is 11.9. The largest absolute Gasteiger partial charge is 0.495 e. The number of hydrogen-bond donors (Lipinski definition) is 1. The molecule has 3 aromatic carbocycles. The molecule has 1 aliphatic heterocycles. The molecule has 0 atom stereocenters. The fourth-order valence-corrected chi connectivity index (χ4v) is 4.48. The fourth-order valence-electron chi connectivity index (χ4n) is 4.48. The van der Waals surface area contributed by atoms with E-state index < -0.39 is 0 Å². The molecule has 1 saturated heterocycles. The minimum Gasteiger partial charge on any atom is -0.495 e. The van der Waals surface area contributed by atoms with Crippen molar-refractivity contribution in [2.45, 2.75) is 13.8 Å². The van der Waals surface area contributed by atoms with Crippen molar-refractivity contribution in [2.75, 3.05) is 44.1 Å². The lowest BCUT2D eigenvalue weighted by Gasteiger charge is -2.21. The molecule has 8 heteroatoms. The number of aryl methyl sites for hydroxylation is 2. The lowest BCUT2D eigenvalue weighted by Crippen LogP contribution is -2.23. The minimum atomic E-state index is -0.157. The Morgan fingerprint density at radius 3 is 2.42 bits per heavy atom. The summed E-state index contributed by atoms with van der Waals surface area (Å²) in [6.07, 6.45) is 0. The van der Waals surface area contributed by atoms with Gasteiger partial charge in [-0.3, -0.25) is 9.69 Å². The van der Waals surface area contributed by atoms with E-state index in [0.717, 1.165) is 59.1 Å². The van der Waals surface area contributed by atoms with Crippen LogP contribution in [0.4, 0.5) is 11.4 Å². The minimum absolute atomic E-state index is 0.157. The molecule has 0 bridgehead atoms. The van der Waals surface area contributed by atoms with Crippen molar-refractivity contribution in [2.24, 2.45) is 0 Å². The Morgan fingerprint density at radius 1 is 1.00 bits per heavy atom. The zero-order valence-corrected chi connectivity index (χ0v) is 20.9. The van der Waals surface area contributed by atoms with Gasteiger partial charge in [0.1, 0.15) is 5.75 Å². The van der Waals surface area contributed by atoms with Crippen molar-refractivity contribution >= 4 is 17.3 Å². The van der Waals surface area contributed by atoms with E-state index in [1.165, 1.54) is 0 Å². The SMILES string of the molecule is COc1ccc(NC(=O)c2ccc(-c3ccc(-c4noc(C)n4)cc3C)cc2)cc1N1CCN(C)C1. The highest BCUT2D eigenvalue weighted by molar-refractivity contribution is 6.04. The number of methoxy groups -OCH3 is 1. The number of nitrogens with zero attached hydrogens (tertiary/aromatic N) is 4. The fraction of sp³-hybridized carbons (Fsp3) is 0.250. The number of rotatable bonds is 6. The van der Waals surface area contributed by atoms with Gasteiger partial charge in [-0.2, -0.15) is 4.98 Å². The van der Waals surface area contributed by atoms with E-state index in [1.54, 1.807) is 14.0 Å². The van der Waals surface area contributed by atoms with Crippen LogP contribution in [0.15, 0.2) is 65.2 Å². The van der Waals surface area contributed by atoms with Crippen LogP contribution in [0.1, 0.15) is 21.8 Å². The van der Waals surface area contributed by atoms with E-state index in [2.05, 4.69) is 32.3 Å². The Hall–Kier alpha value is -4.17. The predicted octanol–water partition coefficient (Wildman–Crippen LogP) is 4.99. The van der Waals surface area contributed by atoms with Crippen LogP contribution < -0.4 is 15.0 Å². The van der Waals surface area contributed by atoms with Crippen LogP contribution in [0.5, 0.6) is 5.75 Å². The number of nitrogens with one attached hydrogen (secondary N) is 1. The number of likely N-dealkylation sites (N-methyl/N-ethyl adjacent to an activating group) is 1. The molecule has 1 amide bonds. The maximum atomic E-state index is 13.0. The summed E-state index contributed by atoms with van der Waals surface area (Å²) < 4.78 is 10.6. The Bertz CT molecular complexity index is 1400. The third-order valence-corrected chi connectivity index (χ3v) is 6.41. The number of hydrogen-bond acceptors (Lipinski definition) is 7. The molecule has 0 aliphatic carbocycles. The summed E-state index contributed by atoms with van der Waals surface area (Å²) >= 11 is 0. The van der Waals surface area contributed by atoms with Gasteiger partial charge in [-0.1, -0.05) is 29.4 Å². The smallest absolute Gasteiger partial charge is 0.255 e. The molecule has 0 unspecified atom stereocenters. The maximum absolute atomic E-state index is 13.0. The van der Waals surface area contributed by atoms with Gasteiger partial charge in [0.25, 0.3) is 5.91 Å². The predicted molar refractivity (Wildman–Crippen MR) is 140 cm³/mol.